The maximum absolute atomic E-state index is 11.7. The van der Waals surface area contributed by atoms with Crippen LogP contribution in [0.25, 0.3) is 0 Å². The molecule has 2 aromatic rings. The Labute approximate surface area is 223 Å². The summed E-state index contributed by atoms with van der Waals surface area (Å²) in [6.45, 7) is 1.36. The molecule has 0 saturated heterocycles. The number of anilines is 2. The van der Waals surface area contributed by atoms with Gasteiger partial charge < -0.3 is 16.0 Å². The van der Waals surface area contributed by atoms with E-state index in [-0.39, 0.29) is 5.41 Å². The van der Waals surface area contributed by atoms with Crippen LogP contribution >= 0.6 is 11.6 Å². The number of hydrogen-bond acceptors (Lipinski definition) is 7. The minimum absolute atomic E-state index is 0.264. The molecule has 1 unspecified atom stereocenters. The van der Waals surface area contributed by atoms with Crippen molar-refractivity contribution in [2.45, 2.75) is 76.4 Å². The summed E-state index contributed by atoms with van der Waals surface area (Å²) in [5, 5.41) is 21.2. The number of ketones is 1. The molecule has 5 atom stereocenters. The van der Waals surface area contributed by atoms with Gasteiger partial charge in [0.1, 0.15) is 23.2 Å². The lowest BCUT2D eigenvalue weighted by molar-refractivity contribution is -0.121. The van der Waals surface area contributed by atoms with Crippen molar-refractivity contribution in [2.24, 2.45) is 23.2 Å². The standard InChI is InChI=1S/C29H35ClN6O/c30-25-4-2-1-3-19(25)15-32-28-33-16-22(14-31)27(36-28)34-17-29-11-18-9-20(12-29)26(21(10-18)13-29)35-23-5-7-24(37)8-6-23/h1-4,16,18,20-21,23,26,35H,5-13,15,17H2,(H2,32,33,34,36)/t18?,20-,21+,26-,29+. The number of nitrogens with zero attached hydrogens (tertiary/aromatic N) is 3. The number of benzene rings is 1. The zero-order chi connectivity index (χ0) is 25.4. The lowest BCUT2D eigenvalue weighted by atomic mass is 9.47. The summed E-state index contributed by atoms with van der Waals surface area (Å²) in [7, 11) is 0. The number of carbonyl (C=O) groups is 1. The molecule has 1 heterocycles. The number of aromatic nitrogens is 2. The Balaban J connectivity index is 1.11. The molecular weight excluding hydrogens is 484 g/mol. The highest BCUT2D eigenvalue weighted by Gasteiger charge is 2.55. The molecular formula is C29H35ClN6O. The van der Waals surface area contributed by atoms with E-state index in [4.69, 9.17) is 11.6 Å². The molecule has 5 saturated carbocycles. The first-order valence-corrected chi connectivity index (χ1v) is 14.1. The molecule has 1 aromatic heterocycles. The number of nitrogens with one attached hydrogen (secondary N) is 3. The van der Waals surface area contributed by atoms with Crippen LogP contribution in [0, 0.1) is 34.5 Å². The summed E-state index contributed by atoms with van der Waals surface area (Å²) >= 11 is 6.29. The van der Waals surface area contributed by atoms with Gasteiger partial charge in [-0.15, -0.1) is 0 Å². The highest BCUT2D eigenvalue weighted by Crippen LogP contribution is 2.60. The van der Waals surface area contributed by atoms with Gasteiger partial charge in [0.25, 0.3) is 0 Å². The Morgan fingerprint density at radius 1 is 1.08 bits per heavy atom. The van der Waals surface area contributed by atoms with Gasteiger partial charge in [0.15, 0.2) is 0 Å². The predicted molar refractivity (Wildman–Crippen MR) is 144 cm³/mol. The van der Waals surface area contributed by atoms with Crippen molar-refractivity contribution in [3.05, 3.63) is 46.6 Å². The SMILES string of the molecule is N#Cc1cnc(NCc2ccccc2Cl)nc1NC[C@@]12CC3C[C@H](C1)[C@@H](NC1CCC(=O)CC1)[C@@H](C3)C2. The lowest BCUT2D eigenvalue weighted by Gasteiger charge is -2.61. The van der Waals surface area contributed by atoms with E-state index in [1.807, 2.05) is 24.3 Å². The molecule has 3 N–H and O–H groups in total. The summed E-state index contributed by atoms with van der Waals surface area (Å²) in [5.41, 5.74) is 1.71. The van der Waals surface area contributed by atoms with E-state index in [1.54, 1.807) is 6.20 Å². The van der Waals surface area contributed by atoms with E-state index in [1.165, 1.54) is 32.1 Å². The van der Waals surface area contributed by atoms with Crippen LogP contribution in [0.3, 0.4) is 0 Å². The molecule has 5 aliphatic carbocycles. The number of halogens is 1. The van der Waals surface area contributed by atoms with E-state index >= 15 is 0 Å². The lowest BCUT2D eigenvalue weighted by Crippen LogP contribution is -2.61. The molecule has 4 bridgehead atoms. The van der Waals surface area contributed by atoms with Gasteiger partial charge in [0.2, 0.25) is 5.95 Å². The van der Waals surface area contributed by atoms with Crippen LogP contribution in [-0.4, -0.2) is 34.4 Å². The molecule has 0 aliphatic heterocycles. The fourth-order valence-electron chi connectivity index (χ4n) is 7.83. The summed E-state index contributed by atoms with van der Waals surface area (Å²) in [6.07, 6.45) is 11.5. The minimum atomic E-state index is 0.264. The van der Waals surface area contributed by atoms with Crippen molar-refractivity contribution >= 4 is 29.2 Å². The van der Waals surface area contributed by atoms with Gasteiger partial charge >= 0.3 is 0 Å². The molecule has 7 rings (SSSR count). The molecule has 0 radical (unpaired) electrons. The van der Waals surface area contributed by atoms with E-state index in [2.05, 4.69) is 32.0 Å². The monoisotopic (exact) mass is 518 g/mol. The summed E-state index contributed by atoms with van der Waals surface area (Å²) in [4.78, 5) is 20.7. The van der Waals surface area contributed by atoms with Gasteiger partial charge in [0.05, 0.1) is 6.20 Å². The first-order valence-electron chi connectivity index (χ1n) is 13.8. The molecule has 5 aliphatic rings. The van der Waals surface area contributed by atoms with Crippen molar-refractivity contribution in [2.75, 3.05) is 17.2 Å². The van der Waals surface area contributed by atoms with Gasteiger partial charge in [0, 0.05) is 43.0 Å². The van der Waals surface area contributed by atoms with E-state index < -0.39 is 0 Å². The van der Waals surface area contributed by atoms with Crippen molar-refractivity contribution < 1.29 is 4.79 Å². The highest BCUT2D eigenvalue weighted by molar-refractivity contribution is 6.31. The Hall–Kier alpha value is -2.69. The maximum Gasteiger partial charge on any atom is 0.224 e. The first kappa shape index (κ1) is 24.6. The van der Waals surface area contributed by atoms with Crippen LogP contribution in [0.2, 0.25) is 5.02 Å². The molecule has 8 heteroatoms. The number of nitriles is 1. The van der Waals surface area contributed by atoms with Crippen LogP contribution in [0.15, 0.2) is 30.5 Å². The van der Waals surface area contributed by atoms with Crippen LogP contribution in [0.1, 0.15) is 68.9 Å². The third-order valence-corrected chi connectivity index (χ3v) is 9.67. The average Bonchev–Trinajstić information content (AvgIpc) is 2.90. The van der Waals surface area contributed by atoms with Crippen molar-refractivity contribution in [1.29, 1.82) is 5.26 Å². The quantitative estimate of drug-likeness (QED) is 0.434. The number of Topliss-reactive ketones (excluding diaryl/α,β-unsaturated/α-hetero) is 1. The van der Waals surface area contributed by atoms with Crippen LogP contribution in [0.4, 0.5) is 11.8 Å². The molecule has 0 spiro atoms. The minimum Gasteiger partial charge on any atom is -0.368 e. The van der Waals surface area contributed by atoms with Gasteiger partial charge in [-0.2, -0.15) is 10.2 Å². The predicted octanol–water partition coefficient (Wildman–Crippen LogP) is 5.32. The summed E-state index contributed by atoms with van der Waals surface area (Å²) in [5.74, 6) is 3.74. The van der Waals surface area contributed by atoms with Crippen molar-refractivity contribution in [3.8, 4) is 6.07 Å². The number of carbonyl (C=O) groups excluding carboxylic acids is 1. The Bertz CT molecular complexity index is 1190. The van der Waals surface area contributed by atoms with Crippen molar-refractivity contribution in [1.82, 2.24) is 15.3 Å². The zero-order valence-corrected chi connectivity index (χ0v) is 21.9. The third kappa shape index (κ3) is 5.19. The van der Waals surface area contributed by atoms with E-state index in [0.29, 0.717) is 58.6 Å². The molecule has 7 nitrogen and oxygen atoms in total. The first-order chi connectivity index (χ1) is 18.0. The topological polar surface area (TPSA) is 103 Å². The van der Waals surface area contributed by atoms with Crippen LogP contribution < -0.4 is 16.0 Å². The second-order valence-electron chi connectivity index (χ2n) is 11.8. The molecule has 37 heavy (non-hydrogen) atoms. The normalized spacial score (nSPS) is 30.8. The Kier molecular flexibility index (Phi) is 6.81. The van der Waals surface area contributed by atoms with Gasteiger partial charge in [-0.25, -0.2) is 4.98 Å². The van der Waals surface area contributed by atoms with Crippen molar-refractivity contribution in [3.63, 3.8) is 0 Å². The second kappa shape index (κ2) is 10.2. The third-order valence-electron chi connectivity index (χ3n) is 9.31. The zero-order valence-electron chi connectivity index (χ0n) is 21.2. The average molecular weight is 519 g/mol. The Morgan fingerprint density at radius 3 is 2.57 bits per heavy atom. The van der Waals surface area contributed by atoms with Gasteiger partial charge in [-0.3, -0.25) is 4.79 Å². The fraction of sp³-hybridized carbons (Fsp3) is 0.586. The van der Waals surface area contributed by atoms with Crippen LogP contribution in [-0.2, 0) is 11.3 Å². The smallest absolute Gasteiger partial charge is 0.224 e. The van der Waals surface area contributed by atoms with E-state index in [9.17, 15) is 10.1 Å². The van der Waals surface area contributed by atoms with Gasteiger partial charge in [-0.05, 0) is 79.7 Å². The molecule has 1 aromatic carbocycles. The number of hydrogen-bond donors (Lipinski definition) is 3. The highest BCUT2D eigenvalue weighted by atomic mass is 35.5. The van der Waals surface area contributed by atoms with Gasteiger partial charge in [-0.1, -0.05) is 29.8 Å². The number of rotatable bonds is 8. The fourth-order valence-corrected chi connectivity index (χ4v) is 8.03. The molecule has 0 amide bonds. The largest absolute Gasteiger partial charge is 0.368 e. The molecule has 5 fully saturated rings. The second-order valence-corrected chi connectivity index (χ2v) is 12.2. The maximum atomic E-state index is 11.7. The van der Waals surface area contributed by atoms with E-state index in [0.717, 1.165) is 43.7 Å². The molecule has 194 valence electrons. The van der Waals surface area contributed by atoms with Crippen LogP contribution in [0.5, 0.6) is 0 Å². The summed E-state index contributed by atoms with van der Waals surface area (Å²) < 4.78 is 0. The summed E-state index contributed by atoms with van der Waals surface area (Å²) in [6, 6.07) is 11.1. The Morgan fingerprint density at radius 2 is 1.84 bits per heavy atom.